The summed E-state index contributed by atoms with van der Waals surface area (Å²) in [5, 5.41) is 0.0109. The van der Waals surface area contributed by atoms with Gasteiger partial charge in [-0.05, 0) is 12.5 Å². The van der Waals surface area contributed by atoms with Crippen LogP contribution in [0.25, 0.3) is 0 Å². The molecule has 5 heteroatoms. The summed E-state index contributed by atoms with van der Waals surface area (Å²) < 4.78 is 0. The fourth-order valence-corrected chi connectivity index (χ4v) is 3.23. The number of nitrogens with two attached hydrogens (primary N) is 1. The van der Waals surface area contributed by atoms with E-state index in [4.69, 9.17) is 5.73 Å². The summed E-state index contributed by atoms with van der Waals surface area (Å²) in [7, 11) is 0. The smallest absolute Gasteiger partial charge is 0.233 e. The van der Waals surface area contributed by atoms with Crippen LogP contribution < -0.4 is 5.73 Å². The van der Waals surface area contributed by atoms with Crippen LogP contribution in [0.15, 0.2) is 24.3 Å². The van der Waals surface area contributed by atoms with Crippen LogP contribution in [0.5, 0.6) is 0 Å². The minimum Gasteiger partial charge on any atom is -0.370 e. The lowest BCUT2D eigenvalue weighted by Gasteiger charge is -2.23. The average Bonchev–Trinajstić information content (AvgIpc) is 2.68. The van der Waals surface area contributed by atoms with Crippen LogP contribution in [-0.4, -0.2) is 29.0 Å². The van der Waals surface area contributed by atoms with Crippen molar-refractivity contribution in [1.82, 2.24) is 4.90 Å². The lowest BCUT2D eigenvalue weighted by molar-refractivity contribution is -0.128. The maximum absolute atomic E-state index is 11.8. The summed E-state index contributed by atoms with van der Waals surface area (Å²) >= 11 is 1.60. The molecule has 0 aromatic heterocycles. The second-order valence-corrected chi connectivity index (χ2v) is 5.45. The molecule has 1 atom stereocenters. The van der Waals surface area contributed by atoms with Gasteiger partial charge in [-0.2, -0.15) is 0 Å². The number of hydrogen-bond donors (Lipinski definition) is 1. The zero-order chi connectivity index (χ0) is 13.1. The molecule has 96 valence electrons. The number of thioether (sulfide) groups is 1. The fraction of sp³-hybridized carbons (Fsp3) is 0.385. The Balaban J connectivity index is 2.15. The van der Waals surface area contributed by atoms with Crippen molar-refractivity contribution >= 4 is 23.6 Å². The molecule has 2 rings (SSSR count). The first-order valence-corrected chi connectivity index (χ1v) is 6.89. The topological polar surface area (TPSA) is 63.4 Å². The number of nitrogens with zero attached hydrogens (tertiary/aromatic N) is 1. The molecule has 0 spiro atoms. The molecule has 4 nitrogen and oxygen atoms in total. The van der Waals surface area contributed by atoms with Gasteiger partial charge >= 0.3 is 0 Å². The van der Waals surface area contributed by atoms with Gasteiger partial charge in [0, 0.05) is 13.0 Å². The summed E-state index contributed by atoms with van der Waals surface area (Å²) in [6, 6.07) is 8.10. The Kier molecular flexibility index (Phi) is 3.91. The Labute approximate surface area is 111 Å². The highest BCUT2D eigenvalue weighted by atomic mass is 32.2. The Bertz CT molecular complexity index is 476. The molecular weight excluding hydrogens is 248 g/mol. The van der Waals surface area contributed by atoms with Crippen LogP contribution in [0.2, 0.25) is 0 Å². The molecule has 1 heterocycles. The molecule has 1 aliphatic heterocycles. The van der Waals surface area contributed by atoms with E-state index in [0.29, 0.717) is 12.3 Å². The minimum atomic E-state index is -0.373. The molecule has 0 radical (unpaired) electrons. The predicted molar refractivity (Wildman–Crippen MR) is 71.9 cm³/mol. The number of rotatable bonds is 4. The van der Waals surface area contributed by atoms with Gasteiger partial charge in [0.1, 0.15) is 5.37 Å². The van der Waals surface area contributed by atoms with Crippen LogP contribution in [-0.2, 0) is 9.59 Å². The van der Waals surface area contributed by atoms with Crippen molar-refractivity contribution in [2.75, 3.05) is 12.3 Å². The molecule has 0 aliphatic carbocycles. The van der Waals surface area contributed by atoms with Gasteiger partial charge in [0.2, 0.25) is 11.8 Å². The molecule has 1 aromatic carbocycles. The van der Waals surface area contributed by atoms with E-state index in [-0.39, 0.29) is 23.6 Å². The van der Waals surface area contributed by atoms with Gasteiger partial charge < -0.3 is 10.6 Å². The maximum Gasteiger partial charge on any atom is 0.233 e. The van der Waals surface area contributed by atoms with Crippen LogP contribution in [0.1, 0.15) is 22.9 Å². The number of carbonyl (C=O) groups is 2. The third-order valence-electron chi connectivity index (χ3n) is 2.89. The van der Waals surface area contributed by atoms with Crippen molar-refractivity contribution in [1.29, 1.82) is 0 Å². The number of hydrogen-bond acceptors (Lipinski definition) is 3. The quantitative estimate of drug-likeness (QED) is 0.895. The van der Waals surface area contributed by atoms with Crippen molar-refractivity contribution in [3.8, 4) is 0 Å². The number of amides is 2. The van der Waals surface area contributed by atoms with E-state index in [2.05, 4.69) is 6.07 Å². The molecule has 1 aromatic rings. The first kappa shape index (κ1) is 13.0. The molecule has 2 amide bonds. The monoisotopic (exact) mass is 264 g/mol. The van der Waals surface area contributed by atoms with Gasteiger partial charge in [-0.15, -0.1) is 11.8 Å². The first-order chi connectivity index (χ1) is 8.58. The standard InChI is InChI=1S/C13H16N2O2S/c1-9-3-2-4-10(7-9)13-15(6-5-11(14)16)12(17)8-18-13/h2-4,7,13H,5-6,8H2,1H3,(H2,14,16). The van der Waals surface area contributed by atoms with Crippen molar-refractivity contribution < 1.29 is 9.59 Å². The molecule has 1 fully saturated rings. The number of benzene rings is 1. The Morgan fingerprint density at radius 3 is 3.00 bits per heavy atom. The zero-order valence-corrected chi connectivity index (χ0v) is 11.1. The largest absolute Gasteiger partial charge is 0.370 e. The van der Waals surface area contributed by atoms with Crippen molar-refractivity contribution in [3.05, 3.63) is 35.4 Å². The number of primary amides is 1. The van der Waals surface area contributed by atoms with Crippen LogP contribution in [0.3, 0.4) is 0 Å². The van der Waals surface area contributed by atoms with Gasteiger partial charge in [0.25, 0.3) is 0 Å². The summed E-state index contributed by atoms with van der Waals surface area (Å²) in [6.45, 7) is 2.43. The molecule has 1 unspecified atom stereocenters. The van der Waals surface area contributed by atoms with Crippen molar-refractivity contribution in [3.63, 3.8) is 0 Å². The SMILES string of the molecule is Cc1cccc(C2SCC(=O)N2CCC(N)=O)c1. The van der Waals surface area contributed by atoms with Gasteiger partial charge in [0.05, 0.1) is 5.75 Å². The van der Waals surface area contributed by atoms with Crippen molar-refractivity contribution in [2.24, 2.45) is 5.73 Å². The Hall–Kier alpha value is -1.49. The molecule has 18 heavy (non-hydrogen) atoms. The van der Waals surface area contributed by atoms with E-state index in [1.165, 1.54) is 5.56 Å². The lowest BCUT2D eigenvalue weighted by Crippen LogP contribution is -2.31. The highest BCUT2D eigenvalue weighted by Crippen LogP contribution is 2.38. The highest BCUT2D eigenvalue weighted by molar-refractivity contribution is 8.00. The van der Waals surface area contributed by atoms with Crippen LogP contribution in [0, 0.1) is 6.92 Å². The molecule has 1 saturated heterocycles. The summed E-state index contributed by atoms with van der Waals surface area (Å²) in [4.78, 5) is 24.4. The third-order valence-corrected chi connectivity index (χ3v) is 4.15. The minimum absolute atomic E-state index is 0.0109. The van der Waals surface area contributed by atoms with E-state index in [1.54, 1.807) is 16.7 Å². The number of carbonyl (C=O) groups excluding carboxylic acids is 2. The van der Waals surface area contributed by atoms with Crippen LogP contribution in [0.4, 0.5) is 0 Å². The second-order valence-electron chi connectivity index (χ2n) is 4.38. The van der Waals surface area contributed by atoms with Gasteiger partial charge in [-0.1, -0.05) is 29.8 Å². The third kappa shape index (κ3) is 2.85. The zero-order valence-electron chi connectivity index (χ0n) is 10.3. The van der Waals surface area contributed by atoms with Gasteiger partial charge in [0.15, 0.2) is 0 Å². The molecule has 0 saturated carbocycles. The van der Waals surface area contributed by atoms with E-state index in [0.717, 1.165) is 5.56 Å². The molecule has 0 bridgehead atoms. The van der Waals surface area contributed by atoms with E-state index < -0.39 is 0 Å². The number of aryl methyl sites for hydroxylation is 1. The fourth-order valence-electron chi connectivity index (χ4n) is 2.03. The summed E-state index contributed by atoms with van der Waals surface area (Å²) in [5.41, 5.74) is 7.42. The van der Waals surface area contributed by atoms with E-state index >= 15 is 0 Å². The van der Waals surface area contributed by atoms with Gasteiger partial charge in [-0.25, -0.2) is 0 Å². The summed E-state index contributed by atoms with van der Waals surface area (Å²) in [5.74, 6) is 0.174. The average molecular weight is 264 g/mol. The normalized spacial score (nSPS) is 19.3. The highest BCUT2D eigenvalue weighted by Gasteiger charge is 2.32. The Morgan fingerprint density at radius 2 is 2.33 bits per heavy atom. The summed E-state index contributed by atoms with van der Waals surface area (Å²) in [6.07, 6.45) is 0.217. The maximum atomic E-state index is 11.8. The molecular formula is C13H16N2O2S. The second kappa shape index (κ2) is 5.44. The molecule has 1 aliphatic rings. The van der Waals surface area contributed by atoms with E-state index in [1.807, 2.05) is 25.1 Å². The van der Waals surface area contributed by atoms with Crippen molar-refractivity contribution in [2.45, 2.75) is 18.7 Å². The predicted octanol–water partition coefficient (Wildman–Crippen LogP) is 1.44. The lowest BCUT2D eigenvalue weighted by atomic mass is 10.1. The van der Waals surface area contributed by atoms with Gasteiger partial charge in [-0.3, -0.25) is 9.59 Å². The van der Waals surface area contributed by atoms with E-state index in [9.17, 15) is 9.59 Å². The first-order valence-electron chi connectivity index (χ1n) is 5.84. The molecule has 2 N–H and O–H groups in total. The van der Waals surface area contributed by atoms with Crippen LogP contribution >= 0.6 is 11.8 Å². The Morgan fingerprint density at radius 1 is 1.56 bits per heavy atom.